The molecule has 70 valence electrons. The van der Waals surface area contributed by atoms with Crippen LogP contribution >= 0.6 is 11.6 Å². The average molecular weight is 206 g/mol. The maximum Gasteiger partial charge on any atom is 0.252 e. The van der Waals surface area contributed by atoms with Gasteiger partial charge in [0.05, 0.1) is 5.52 Å². The Bertz CT molecular complexity index is 508. The summed E-state index contributed by atoms with van der Waals surface area (Å²) < 4.78 is 0. The van der Waals surface area contributed by atoms with Crippen molar-refractivity contribution in [1.29, 1.82) is 0 Å². The highest BCUT2D eigenvalue weighted by Crippen LogP contribution is 2.18. The van der Waals surface area contributed by atoms with Crippen LogP contribution in [0.4, 0.5) is 0 Å². The van der Waals surface area contributed by atoms with Crippen LogP contribution in [-0.2, 0) is 0 Å². The maximum atomic E-state index is 10.9. The summed E-state index contributed by atoms with van der Waals surface area (Å²) in [5.74, 6) is 0. The van der Waals surface area contributed by atoms with E-state index in [4.69, 9.17) is 11.6 Å². The van der Waals surface area contributed by atoms with Crippen LogP contribution in [0.15, 0.2) is 30.5 Å². The first kappa shape index (κ1) is 9.16. The molecule has 1 aromatic carbocycles. The summed E-state index contributed by atoms with van der Waals surface area (Å²) >= 11 is 5.40. The van der Waals surface area contributed by atoms with Crippen molar-refractivity contribution in [3.8, 4) is 0 Å². The number of carbonyl (C=O) groups is 1. The second-order valence-electron chi connectivity index (χ2n) is 3.13. The van der Waals surface area contributed by atoms with Crippen LogP contribution in [-0.4, -0.2) is 10.2 Å². The zero-order chi connectivity index (χ0) is 10.1. The second-order valence-corrected chi connectivity index (χ2v) is 3.48. The Balaban J connectivity index is 2.76. The molecule has 0 unspecified atom stereocenters. The van der Waals surface area contributed by atoms with E-state index in [-0.39, 0.29) is 0 Å². The third-order valence-corrected chi connectivity index (χ3v) is 2.40. The Morgan fingerprint density at radius 1 is 1.36 bits per heavy atom. The molecule has 0 N–H and O–H groups in total. The quantitative estimate of drug-likeness (QED) is 0.670. The van der Waals surface area contributed by atoms with Crippen molar-refractivity contribution < 1.29 is 4.79 Å². The van der Waals surface area contributed by atoms with Crippen LogP contribution in [0.25, 0.3) is 10.9 Å². The van der Waals surface area contributed by atoms with Gasteiger partial charge in [-0.25, -0.2) is 0 Å². The van der Waals surface area contributed by atoms with E-state index in [1.165, 1.54) is 0 Å². The molecule has 0 radical (unpaired) electrons. The molecule has 0 saturated carbocycles. The van der Waals surface area contributed by atoms with Crippen LogP contribution < -0.4 is 0 Å². The molecule has 0 aliphatic heterocycles. The Morgan fingerprint density at radius 3 is 2.86 bits per heavy atom. The van der Waals surface area contributed by atoms with Crippen LogP contribution in [0.5, 0.6) is 0 Å². The van der Waals surface area contributed by atoms with E-state index in [1.54, 1.807) is 24.4 Å². The predicted molar refractivity (Wildman–Crippen MR) is 56.7 cm³/mol. The summed E-state index contributed by atoms with van der Waals surface area (Å²) in [6.45, 7) is 1.98. The molecule has 2 nitrogen and oxygen atoms in total. The normalized spacial score (nSPS) is 10.4. The number of fused-ring (bicyclic) bond motifs is 1. The van der Waals surface area contributed by atoms with Gasteiger partial charge in [0.2, 0.25) is 0 Å². The Hall–Kier alpha value is -1.41. The summed E-state index contributed by atoms with van der Waals surface area (Å²) in [6, 6.07) is 7.17. The number of benzene rings is 1. The van der Waals surface area contributed by atoms with Crippen LogP contribution in [0, 0.1) is 6.92 Å². The van der Waals surface area contributed by atoms with Gasteiger partial charge >= 0.3 is 0 Å². The topological polar surface area (TPSA) is 30.0 Å². The molecule has 0 saturated heterocycles. The van der Waals surface area contributed by atoms with Crippen molar-refractivity contribution in [2.24, 2.45) is 0 Å². The monoisotopic (exact) mass is 205 g/mol. The Labute approximate surface area is 86.5 Å². The summed E-state index contributed by atoms with van der Waals surface area (Å²) in [5, 5.41) is 0.536. The minimum atomic E-state index is -0.435. The first-order chi connectivity index (χ1) is 6.68. The first-order valence-electron chi connectivity index (χ1n) is 4.23. The van der Waals surface area contributed by atoms with Gasteiger partial charge in [-0.05, 0) is 48.4 Å². The van der Waals surface area contributed by atoms with Gasteiger partial charge < -0.3 is 0 Å². The average Bonchev–Trinajstić information content (AvgIpc) is 2.18. The summed E-state index contributed by atoms with van der Waals surface area (Å²) in [4.78, 5) is 15.1. The van der Waals surface area contributed by atoms with E-state index in [2.05, 4.69) is 4.98 Å². The van der Waals surface area contributed by atoms with Crippen molar-refractivity contribution in [2.45, 2.75) is 6.92 Å². The van der Waals surface area contributed by atoms with Crippen molar-refractivity contribution in [1.82, 2.24) is 4.98 Å². The molecule has 0 amide bonds. The zero-order valence-corrected chi connectivity index (χ0v) is 8.38. The number of aromatic nitrogens is 1. The van der Waals surface area contributed by atoms with Gasteiger partial charge in [0.25, 0.3) is 5.24 Å². The van der Waals surface area contributed by atoms with E-state index in [9.17, 15) is 4.79 Å². The molecule has 2 rings (SSSR count). The van der Waals surface area contributed by atoms with E-state index < -0.39 is 5.24 Å². The van der Waals surface area contributed by atoms with Crippen LogP contribution in [0.2, 0.25) is 0 Å². The van der Waals surface area contributed by atoms with E-state index in [0.29, 0.717) is 5.56 Å². The number of nitrogens with zero attached hydrogens (tertiary/aromatic N) is 1. The zero-order valence-electron chi connectivity index (χ0n) is 7.62. The highest BCUT2D eigenvalue weighted by molar-refractivity contribution is 6.67. The largest absolute Gasteiger partial charge is 0.276 e. The Kier molecular flexibility index (Phi) is 2.22. The standard InChI is InChI=1S/C11H8ClNO/c1-7-4-5-13-10-3-2-8(11(12)14)6-9(7)10/h2-6H,1H3. The van der Waals surface area contributed by atoms with E-state index in [1.807, 2.05) is 13.0 Å². The fraction of sp³-hybridized carbons (Fsp3) is 0.0909. The molecule has 3 heteroatoms. The number of rotatable bonds is 1. The van der Waals surface area contributed by atoms with Gasteiger partial charge in [0.1, 0.15) is 0 Å². The highest BCUT2D eigenvalue weighted by Gasteiger charge is 2.04. The van der Waals surface area contributed by atoms with Crippen LogP contribution in [0.1, 0.15) is 15.9 Å². The minimum absolute atomic E-state index is 0.435. The van der Waals surface area contributed by atoms with Gasteiger partial charge in [-0.3, -0.25) is 9.78 Å². The van der Waals surface area contributed by atoms with Crippen molar-refractivity contribution in [3.05, 3.63) is 41.6 Å². The van der Waals surface area contributed by atoms with Gasteiger partial charge in [0.15, 0.2) is 0 Å². The number of halogens is 1. The molecule has 2 aromatic rings. The molecular formula is C11H8ClNO. The predicted octanol–water partition coefficient (Wildman–Crippen LogP) is 2.92. The number of pyridine rings is 1. The lowest BCUT2D eigenvalue weighted by atomic mass is 10.1. The molecule has 14 heavy (non-hydrogen) atoms. The number of aryl methyl sites for hydroxylation is 1. The lowest BCUT2D eigenvalue weighted by molar-refractivity contribution is 0.108. The molecule has 0 aliphatic carbocycles. The van der Waals surface area contributed by atoms with Crippen molar-refractivity contribution in [2.75, 3.05) is 0 Å². The third kappa shape index (κ3) is 1.49. The molecule has 0 bridgehead atoms. The summed E-state index contributed by atoms with van der Waals surface area (Å²) in [5.41, 5.74) is 2.48. The smallest absolute Gasteiger partial charge is 0.252 e. The van der Waals surface area contributed by atoms with Crippen molar-refractivity contribution in [3.63, 3.8) is 0 Å². The minimum Gasteiger partial charge on any atom is -0.276 e. The maximum absolute atomic E-state index is 10.9. The van der Waals surface area contributed by atoms with E-state index in [0.717, 1.165) is 16.5 Å². The fourth-order valence-corrected chi connectivity index (χ4v) is 1.52. The van der Waals surface area contributed by atoms with Gasteiger partial charge in [0, 0.05) is 17.1 Å². The molecule has 0 fully saturated rings. The SMILES string of the molecule is Cc1ccnc2ccc(C(=O)Cl)cc12. The molecule has 1 heterocycles. The molecule has 0 aliphatic rings. The van der Waals surface area contributed by atoms with Crippen LogP contribution in [0.3, 0.4) is 0 Å². The van der Waals surface area contributed by atoms with Gasteiger partial charge in [-0.15, -0.1) is 0 Å². The van der Waals surface area contributed by atoms with Crippen molar-refractivity contribution >= 4 is 27.7 Å². The number of hydrogen-bond acceptors (Lipinski definition) is 2. The lowest BCUT2D eigenvalue weighted by Crippen LogP contribution is -1.90. The third-order valence-electron chi connectivity index (χ3n) is 2.19. The molecule has 1 aromatic heterocycles. The van der Waals surface area contributed by atoms with Gasteiger partial charge in [-0.1, -0.05) is 0 Å². The molecule has 0 atom stereocenters. The number of hydrogen-bond donors (Lipinski definition) is 0. The summed E-state index contributed by atoms with van der Waals surface area (Å²) in [6.07, 6.45) is 1.75. The molecular weight excluding hydrogens is 198 g/mol. The van der Waals surface area contributed by atoms with Gasteiger partial charge in [-0.2, -0.15) is 0 Å². The fourth-order valence-electron chi connectivity index (χ4n) is 1.41. The highest BCUT2D eigenvalue weighted by atomic mass is 35.5. The number of carbonyl (C=O) groups excluding carboxylic acids is 1. The summed E-state index contributed by atoms with van der Waals surface area (Å²) in [7, 11) is 0. The molecule has 0 spiro atoms. The Morgan fingerprint density at radius 2 is 2.14 bits per heavy atom. The first-order valence-corrected chi connectivity index (χ1v) is 4.61. The van der Waals surface area contributed by atoms with E-state index >= 15 is 0 Å². The second kappa shape index (κ2) is 3.39. The lowest BCUT2D eigenvalue weighted by Gasteiger charge is -2.01.